The number of amides is 1. The molecular weight excluding hydrogens is 366 g/mol. The van der Waals surface area contributed by atoms with Crippen molar-refractivity contribution in [2.45, 2.75) is 84.2 Å². The summed E-state index contributed by atoms with van der Waals surface area (Å²) in [6.07, 6.45) is 4.23. The van der Waals surface area contributed by atoms with Gasteiger partial charge >= 0.3 is 0 Å². The first kappa shape index (κ1) is 19.7. The number of hydrogen-bond acceptors (Lipinski definition) is 4. The van der Waals surface area contributed by atoms with Crippen molar-refractivity contribution in [1.29, 1.82) is 0 Å². The molecule has 1 saturated carbocycles. The van der Waals surface area contributed by atoms with E-state index in [1.54, 1.807) is 0 Å². The van der Waals surface area contributed by atoms with Gasteiger partial charge in [0, 0.05) is 36.1 Å². The van der Waals surface area contributed by atoms with Crippen LogP contribution >= 0.6 is 0 Å². The Morgan fingerprint density at radius 3 is 2.72 bits per heavy atom. The molecule has 0 unspecified atom stereocenters. The van der Waals surface area contributed by atoms with Crippen LogP contribution in [0.4, 0.5) is 0 Å². The SMILES string of the molecule is CC1=C[C@@H]2[C@@H]3[C@H](CC(=O)[C@]24C(=O)N[C@@H](CC(C)C)[C@@H]4[C@@H]1C)[C@@H]1O[C@@]3(C)CC[C@@H]1O. The number of aliphatic hydroxyl groups is 1. The van der Waals surface area contributed by atoms with E-state index in [2.05, 4.69) is 46.0 Å². The summed E-state index contributed by atoms with van der Waals surface area (Å²) < 4.78 is 6.41. The molecule has 2 bridgehead atoms. The van der Waals surface area contributed by atoms with Crippen molar-refractivity contribution in [2.75, 3.05) is 0 Å². The molecule has 2 aliphatic carbocycles. The van der Waals surface area contributed by atoms with E-state index < -0.39 is 11.5 Å². The van der Waals surface area contributed by atoms with Gasteiger partial charge in [0.15, 0.2) is 0 Å². The molecule has 5 nitrogen and oxygen atoms in total. The maximum absolute atomic E-state index is 13.8. The van der Waals surface area contributed by atoms with Gasteiger partial charge < -0.3 is 15.2 Å². The number of nitrogens with one attached hydrogen (secondary N) is 1. The number of fused-ring (bicyclic) bond motifs is 6. The van der Waals surface area contributed by atoms with E-state index in [-0.39, 0.29) is 59.0 Å². The summed E-state index contributed by atoms with van der Waals surface area (Å²) in [4.78, 5) is 27.5. The van der Waals surface area contributed by atoms with Crippen LogP contribution in [0.2, 0.25) is 0 Å². The second-order valence-corrected chi connectivity index (χ2v) is 11.1. The third-order valence-corrected chi connectivity index (χ3v) is 9.18. The highest BCUT2D eigenvalue weighted by molar-refractivity contribution is 6.10. The molecule has 3 saturated heterocycles. The monoisotopic (exact) mass is 401 g/mol. The highest BCUT2D eigenvalue weighted by Crippen LogP contribution is 2.66. The minimum atomic E-state index is -0.964. The molecule has 1 amide bonds. The number of rotatable bonds is 2. The molecule has 3 heterocycles. The van der Waals surface area contributed by atoms with Gasteiger partial charge in [-0.15, -0.1) is 0 Å². The highest BCUT2D eigenvalue weighted by atomic mass is 16.5. The number of hydrogen-bond donors (Lipinski definition) is 2. The number of carbonyl (C=O) groups is 2. The van der Waals surface area contributed by atoms with Gasteiger partial charge in [0.1, 0.15) is 11.2 Å². The summed E-state index contributed by atoms with van der Waals surface area (Å²) >= 11 is 0. The summed E-state index contributed by atoms with van der Waals surface area (Å²) in [7, 11) is 0. The van der Waals surface area contributed by atoms with E-state index in [1.165, 1.54) is 5.57 Å². The Hall–Kier alpha value is -1.20. The maximum atomic E-state index is 13.8. The van der Waals surface area contributed by atoms with Crippen molar-refractivity contribution in [1.82, 2.24) is 5.32 Å². The molecule has 0 aromatic carbocycles. The molecule has 10 atom stereocenters. The molecule has 4 fully saturated rings. The minimum Gasteiger partial charge on any atom is -0.390 e. The fraction of sp³-hybridized carbons (Fsp3) is 0.833. The Kier molecular flexibility index (Phi) is 4.20. The lowest BCUT2D eigenvalue weighted by molar-refractivity contribution is -0.157. The molecule has 3 aliphatic heterocycles. The lowest BCUT2D eigenvalue weighted by Crippen LogP contribution is -2.61. The fourth-order valence-corrected chi connectivity index (χ4v) is 8.01. The Balaban J connectivity index is 1.67. The Morgan fingerprint density at radius 2 is 2.03 bits per heavy atom. The first-order valence-electron chi connectivity index (χ1n) is 11.5. The van der Waals surface area contributed by atoms with Crippen LogP contribution in [0.5, 0.6) is 0 Å². The Morgan fingerprint density at radius 1 is 1.31 bits per heavy atom. The lowest BCUT2D eigenvalue weighted by atomic mass is 9.46. The van der Waals surface area contributed by atoms with Crippen LogP contribution in [0.3, 0.4) is 0 Å². The largest absolute Gasteiger partial charge is 0.390 e. The molecule has 5 aliphatic rings. The third kappa shape index (κ3) is 2.35. The highest BCUT2D eigenvalue weighted by Gasteiger charge is 2.74. The summed E-state index contributed by atoms with van der Waals surface area (Å²) in [5, 5.41) is 13.8. The zero-order valence-electron chi connectivity index (χ0n) is 18.3. The third-order valence-electron chi connectivity index (χ3n) is 9.18. The first-order chi connectivity index (χ1) is 13.6. The second-order valence-electron chi connectivity index (χ2n) is 11.1. The quantitative estimate of drug-likeness (QED) is 0.551. The van der Waals surface area contributed by atoms with Gasteiger partial charge in [0.2, 0.25) is 5.91 Å². The van der Waals surface area contributed by atoms with Crippen molar-refractivity contribution < 1.29 is 19.4 Å². The van der Waals surface area contributed by atoms with Gasteiger partial charge in [-0.2, -0.15) is 0 Å². The smallest absolute Gasteiger partial charge is 0.234 e. The summed E-state index contributed by atoms with van der Waals surface area (Å²) in [6, 6.07) is 0.0456. The van der Waals surface area contributed by atoms with E-state index in [4.69, 9.17) is 4.74 Å². The standard InChI is InChI=1S/C24H35NO4/c1-11(2)8-16-19-13(4)12(3)9-15-20-14(10-18(27)24(15,19)22(28)25-16)21-17(26)6-7-23(20,5)29-21/h9,11,13-17,19-21,26H,6-8,10H2,1-5H3,(H,25,28)/t13-,14+,15-,16+,17+,19+,20+,21+,23+,24-/m1/s1. The summed E-state index contributed by atoms with van der Waals surface area (Å²) in [5.41, 5.74) is -0.0420. The average molecular weight is 402 g/mol. The molecular formula is C24H35NO4. The van der Waals surface area contributed by atoms with E-state index in [0.29, 0.717) is 18.8 Å². The molecule has 160 valence electrons. The van der Waals surface area contributed by atoms with Crippen molar-refractivity contribution in [3.05, 3.63) is 11.6 Å². The van der Waals surface area contributed by atoms with Gasteiger partial charge in [-0.25, -0.2) is 0 Å². The normalized spacial score (nSPS) is 53.3. The van der Waals surface area contributed by atoms with Gasteiger partial charge in [-0.05, 0) is 44.9 Å². The maximum Gasteiger partial charge on any atom is 0.234 e. The number of ether oxygens (including phenoxy) is 1. The average Bonchev–Trinajstić information content (AvgIpc) is 3.05. The molecule has 1 spiro atoms. The van der Waals surface area contributed by atoms with Gasteiger partial charge in [0.05, 0.1) is 17.8 Å². The van der Waals surface area contributed by atoms with Crippen molar-refractivity contribution in [2.24, 2.45) is 40.9 Å². The van der Waals surface area contributed by atoms with Crippen LogP contribution < -0.4 is 5.32 Å². The van der Waals surface area contributed by atoms with Crippen molar-refractivity contribution in [3.63, 3.8) is 0 Å². The van der Waals surface area contributed by atoms with E-state index in [0.717, 1.165) is 12.8 Å². The predicted molar refractivity (Wildman–Crippen MR) is 109 cm³/mol. The fourth-order valence-electron chi connectivity index (χ4n) is 8.01. The lowest BCUT2D eigenvalue weighted by Gasteiger charge is -2.53. The summed E-state index contributed by atoms with van der Waals surface area (Å²) in [6.45, 7) is 10.9. The molecule has 5 heteroatoms. The van der Waals surface area contributed by atoms with Crippen LogP contribution in [0.25, 0.3) is 0 Å². The van der Waals surface area contributed by atoms with Crippen LogP contribution in [0, 0.1) is 40.9 Å². The van der Waals surface area contributed by atoms with Crippen LogP contribution in [0.15, 0.2) is 11.6 Å². The first-order valence-corrected chi connectivity index (χ1v) is 11.5. The van der Waals surface area contributed by atoms with E-state index >= 15 is 0 Å². The van der Waals surface area contributed by atoms with Gasteiger partial charge in [0.25, 0.3) is 0 Å². The predicted octanol–water partition coefficient (Wildman–Crippen LogP) is 2.86. The Bertz CT molecular complexity index is 790. The molecule has 29 heavy (non-hydrogen) atoms. The molecule has 5 rings (SSSR count). The van der Waals surface area contributed by atoms with Crippen molar-refractivity contribution in [3.8, 4) is 0 Å². The van der Waals surface area contributed by atoms with Crippen LogP contribution in [0.1, 0.15) is 60.3 Å². The zero-order valence-corrected chi connectivity index (χ0v) is 18.3. The zero-order chi connectivity index (χ0) is 20.9. The van der Waals surface area contributed by atoms with Gasteiger partial charge in [-0.3, -0.25) is 9.59 Å². The van der Waals surface area contributed by atoms with E-state index in [9.17, 15) is 14.7 Å². The molecule has 0 aromatic heterocycles. The molecule has 2 N–H and O–H groups in total. The van der Waals surface area contributed by atoms with Crippen molar-refractivity contribution >= 4 is 11.7 Å². The van der Waals surface area contributed by atoms with Crippen LogP contribution in [-0.2, 0) is 14.3 Å². The number of Topliss-reactive ketones (excluding diaryl/α,β-unsaturated/α-hetero) is 1. The minimum absolute atomic E-state index is 0.00910. The number of aliphatic hydroxyl groups excluding tert-OH is 1. The second kappa shape index (κ2) is 6.16. The number of carbonyl (C=O) groups excluding carboxylic acids is 2. The molecule has 0 radical (unpaired) electrons. The number of allylic oxidation sites excluding steroid dienone is 2. The van der Waals surface area contributed by atoms with Gasteiger partial charge in [-0.1, -0.05) is 32.4 Å². The van der Waals surface area contributed by atoms with E-state index in [1.807, 2.05) is 0 Å². The number of ketones is 1. The molecule has 0 aromatic rings. The Labute approximate surface area is 173 Å². The topological polar surface area (TPSA) is 75.6 Å². The summed E-state index contributed by atoms with van der Waals surface area (Å²) in [5.74, 6) is 0.687. The van der Waals surface area contributed by atoms with Crippen LogP contribution in [-0.4, -0.2) is 40.6 Å².